The molecule has 5 aliphatic rings. The predicted molar refractivity (Wildman–Crippen MR) is 133 cm³/mol. The van der Waals surface area contributed by atoms with E-state index in [1.807, 2.05) is 73.7 Å². The molecule has 7 nitrogen and oxygen atoms in total. The molecule has 0 aromatic heterocycles. The third-order valence-corrected chi connectivity index (χ3v) is 8.25. The van der Waals surface area contributed by atoms with Gasteiger partial charge in [0, 0.05) is 11.8 Å². The number of carbonyl (C=O) groups excluding carboxylic acids is 3. The van der Waals surface area contributed by atoms with Gasteiger partial charge in [0.2, 0.25) is 0 Å². The number of nitrogens with zero attached hydrogens (tertiary/aromatic N) is 2. The van der Waals surface area contributed by atoms with Crippen LogP contribution in [0.5, 0.6) is 0 Å². The van der Waals surface area contributed by atoms with E-state index in [1.165, 1.54) is 4.90 Å². The number of esters is 1. The van der Waals surface area contributed by atoms with Crippen LogP contribution in [0.1, 0.15) is 46.6 Å². The number of nitrogens with one attached hydrogen (secondary N) is 1. The molecule has 36 heavy (non-hydrogen) atoms. The number of rotatable bonds is 3. The van der Waals surface area contributed by atoms with Gasteiger partial charge in [-0.1, -0.05) is 60.7 Å². The highest BCUT2D eigenvalue weighted by Crippen LogP contribution is 2.71. The quantitative estimate of drug-likeness (QED) is 0.462. The molecule has 178 valence electrons. The number of ether oxygens (including phenoxy) is 1. The van der Waals surface area contributed by atoms with Crippen LogP contribution in [0.2, 0.25) is 0 Å². The van der Waals surface area contributed by atoms with Gasteiger partial charge in [-0.05, 0) is 53.8 Å². The van der Waals surface area contributed by atoms with Crippen molar-refractivity contribution in [2.75, 3.05) is 11.5 Å². The summed E-state index contributed by atoms with van der Waals surface area (Å²) in [6.45, 7) is 3.76. The van der Waals surface area contributed by atoms with Crippen molar-refractivity contribution in [3.63, 3.8) is 0 Å². The lowest BCUT2D eigenvalue weighted by Gasteiger charge is -2.55. The Morgan fingerprint density at radius 3 is 2.11 bits per heavy atom. The zero-order valence-electron chi connectivity index (χ0n) is 19.8. The van der Waals surface area contributed by atoms with Gasteiger partial charge in [0.1, 0.15) is 5.41 Å². The average Bonchev–Trinajstić information content (AvgIpc) is 3.36. The van der Waals surface area contributed by atoms with Gasteiger partial charge in [-0.2, -0.15) is 5.10 Å². The Bertz CT molecular complexity index is 1500. The third kappa shape index (κ3) is 2.12. The van der Waals surface area contributed by atoms with Gasteiger partial charge in [0.15, 0.2) is 11.3 Å². The van der Waals surface area contributed by atoms with Gasteiger partial charge in [-0.3, -0.25) is 15.0 Å². The Morgan fingerprint density at radius 1 is 0.917 bits per heavy atom. The average molecular weight is 478 g/mol. The third-order valence-electron chi connectivity index (χ3n) is 8.25. The van der Waals surface area contributed by atoms with Crippen molar-refractivity contribution in [2.45, 2.75) is 31.2 Å². The molecule has 1 N–H and O–H groups in total. The number of aryl methyl sites for hydroxylation is 1. The van der Waals surface area contributed by atoms with Crippen LogP contribution in [-0.4, -0.2) is 35.6 Å². The minimum absolute atomic E-state index is 0.0307. The van der Waals surface area contributed by atoms with Crippen LogP contribution < -0.4 is 10.3 Å². The first kappa shape index (κ1) is 21.1. The fourth-order valence-electron chi connectivity index (χ4n) is 7.09. The number of amides is 2. The maximum Gasteiger partial charge on any atom is 0.355 e. The maximum atomic E-state index is 14.8. The van der Waals surface area contributed by atoms with Gasteiger partial charge in [0.25, 0.3) is 11.8 Å². The van der Waals surface area contributed by atoms with Crippen molar-refractivity contribution < 1.29 is 19.1 Å². The first-order valence-corrected chi connectivity index (χ1v) is 12.1. The molecule has 3 aromatic rings. The van der Waals surface area contributed by atoms with Crippen LogP contribution in [0, 0.1) is 12.3 Å². The summed E-state index contributed by atoms with van der Waals surface area (Å²) in [6.07, 6.45) is 0. The van der Waals surface area contributed by atoms with Gasteiger partial charge in [-0.25, -0.2) is 9.69 Å². The lowest BCUT2D eigenvalue weighted by Crippen LogP contribution is -2.69. The molecule has 2 aliphatic heterocycles. The Labute approximate surface area is 207 Å². The Kier molecular flexibility index (Phi) is 4.04. The summed E-state index contributed by atoms with van der Waals surface area (Å²) in [6, 6.07) is 23.1. The largest absolute Gasteiger partial charge is 0.461 e. The molecule has 2 bridgehead atoms. The molecule has 2 unspecified atom stereocenters. The molecular formula is C29H23N3O4. The fraction of sp³-hybridized carbons (Fsp3) is 0.241. The highest BCUT2D eigenvalue weighted by atomic mass is 16.5. The highest BCUT2D eigenvalue weighted by Gasteiger charge is 2.85. The SMILES string of the molecule is CCOC(=O)C1=NNC23C(=O)N(c4cccc(C)c4)C(=O)C12C1c2ccccc2C3c2ccccc21. The monoisotopic (exact) mass is 477 g/mol. The summed E-state index contributed by atoms with van der Waals surface area (Å²) in [4.78, 5) is 44.0. The van der Waals surface area contributed by atoms with Crippen LogP contribution >= 0.6 is 0 Å². The lowest BCUT2D eigenvalue weighted by molar-refractivity contribution is -0.137. The second-order valence-electron chi connectivity index (χ2n) is 9.82. The van der Waals surface area contributed by atoms with E-state index in [-0.39, 0.29) is 12.3 Å². The topological polar surface area (TPSA) is 88.1 Å². The molecule has 2 amide bonds. The van der Waals surface area contributed by atoms with E-state index in [9.17, 15) is 14.4 Å². The molecule has 3 aromatic carbocycles. The fourth-order valence-corrected chi connectivity index (χ4v) is 7.09. The number of hydrogen-bond donors (Lipinski definition) is 1. The maximum absolute atomic E-state index is 14.8. The van der Waals surface area contributed by atoms with Crippen molar-refractivity contribution in [3.05, 3.63) is 101 Å². The molecular weight excluding hydrogens is 454 g/mol. The van der Waals surface area contributed by atoms with E-state index in [0.29, 0.717) is 5.69 Å². The van der Waals surface area contributed by atoms with Crippen LogP contribution in [0.25, 0.3) is 0 Å². The summed E-state index contributed by atoms with van der Waals surface area (Å²) < 4.78 is 5.41. The van der Waals surface area contributed by atoms with Gasteiger partial charge < -0.3 is 4.74 Å². The smallest absolute Gasteiger partial charge is 0.355 e. The van der Waals surface area contributed by atoms with Crippen molar-refractivity contribution in [1.29, 1.82) is 0 Å². The predicted octanol–water partition coefficient (Wildman–Crippen LogP) is 3.41. The summed E-state index contributed by atoms with van der Waals surface area (Å²) in [7, 11) is 0. The second-order valence-corrected chi connectivity index (χ2v) is 9.82. The summed E-state index contributed by atoms with van der Waals surface area (Å²) in [5.41, 5.74) is 5.22. The Hall–Kier alpha value is -4.26. The van der Waals surface area contributed by atoms with E-state index in [1.54, 1.807) is 13.0 Å². The molecule has 1 fully saturated rings. The zero-order valence-corrected chi connectivity index (χ0v) is 19.8. The van der Waals surface area contributed by atoms with E-state index >= 15 is 0 Å². The van der Waals surface area contributed by atoms with Crippen molar-refractivity contribution in [3.8, 4) is 0 Å². The molecule has 1 saturated heterocycles. The number of hydrazone groups is 1. The molecule has 0 radical (unpaired) electrons. The summed E-state index contributed by atoms with van der Waals surface area (Å²) in [5, 5.41) is 4.44. The number of hydrogen-bond acceptors (Lipinski definition) is 6. The second kappa shape index (κ2) is 6.91. The molecule has 0 spiro atoms. The van der Waals surface area contributed by atoms with Gasteiger partial charge >= 0.3 is 5.97 Å². The number of benzene rings is 3. The van der Waals surface area contributed by atoms with E-state index in [2.05, 4.69) is 10.5 Å². The van der Waals surface area contributed by atoms with Crippen molar-refractivity contribution in [1.82, 2.24) is 5.43 Å². The zero-order chi connectivity index (χ0) is 24.8. The first-order chi connectivity index (χ1) is 17.5. The molecule has 7 heteroatoms. The first-order valence-electron chi connectivity index (χ1n) is 12.1. The molecule has 0 saturated carbocycles. The lowest BCUT2D eigenvalue weighted by atomic mass is 9.43. The van der Waals surface area contributed by atoms with Crippen LogP contribution in [-0.2, 0) is 19.1 Å². The van der Waals surface area contributed by atoms with Crippen LogP contribution in [0.3, 0.4) is 0 Å². The minimum atomic E-state index is -1.58. The van der Waals surface area contributed by atoms with E-state index in [0.717, 1.165) is 27.8 Å². The number of anilines is 1. The Balaban J connectivity index is 1.59. The molecule has 2 atom stereocenters. The van der Waals surface area contributed by atoms with Crippen molar-refractivity contribution in [2.24, 2.45) is 10.5 Å². The van der Waals surface area contributed by atoms with E-state index in [4.69, 9.17) is 4.74 Å². The number of carbonyl (C=O) groups is 3. The summed E-state index contributed by atoms with van der Waals surface area (Å²) in [5.74, 6) is -2.63. The standard InChI is InChI=1S/C29H23N3O4/c1-3-36-25(33)24-28-22-18-11-4-6-13-20(18)23(21-14-7-5-12-19(21)22)29(28,31-30-24)27(35)32(26(28)34)17-10-8-9-16(2)15-17/h4-15,22-23,31H,3H2,1-2H3. The molecule has 2 heterocycles. The van der Waals surface area contributed by atoms with Crippen LogP contribution in [0.4, 0.5) is 5.69 Å². The normalized spacial score (nSPS) is 28.6. The van der Waals surface area contributed by atoms with E-state index < -0.39 is 40.6 Å². The van der Waals surface area contributed by atoms with Crippen molar-refractivity contribution >= 4 is 29.2 Å². The van der Waals surface area contributed by atoms with Crippen LogP contribution in [0.15, 0.2) is 77.9 Å². The Morgan fingerprint density at radius 2 is 1.53 bits per heavy atom. The summed E-state index contributed by atoms with van der Waals surface area (Å²) >= 11 is 0. The minimum Gasteiger partial charge on any atom is -0.461 e. The highest BCUT2D eigenvalue weighted by molar-refractivity contribution is 6.50. The van der Waals surface area contributed by atoms with Gasteiger partial charge in [-0.15, -0.1) is 0 Å². The molecule has 3 aliphatic carbocycles. The number of imide groups is 1. The molecule has 8 rings (SSSR count). The van der Waals surface area contributed by atoms with Gasteiger partial charge in [0.05, 0.1) is 12.3 Å².